The number of pyridine rings is 2. The molecule has 0 saturated carbocycles. The molecular formula is C40H50N6O4S. The number of carbonyl (C=O) groups is 3. The van der Waals surface area contributed by atoms with E-state index in [9.17, 15) is 19.5 Å². The van der Waals surface area contributed by atoms with Gasteiger partial charge in [-0.3, -0.25) is 24.3 Å². The number of nitrogens with one attached hydrogen (secondary N) is 3. The van der Waals surface area contributed by atoms with Gasteiger partial charge in [0.15, 0.2) is 0 Å². The molecule has 10 nitrogen and oxygen atoms in total. The lowest BCUT2D eigenvalue weighted by atomic mass is 9.95. The normalized spacial score (nSPS) is 18.5. The number of benzene rings is 2. The number of amides is 3. The number of carbonyl (C=O) groups excluding carboxylic acids is 3. The van der Waals surface area contributed by atoms with Crippen molar-refractivity contribution in [3.05, 3.63) is 103 Å². The number of aliphatic hydroxyl groups excluding tert-OH is 1. The van der Waals surface area contributed by atoms with E-state index >= 15 is 0 Å². The van der Waals surface area contributed by atoms with Gasteiger partial charge in [-0.1, -0.05) is 68.4 Å². The summed E-state index contributed by atoms with van der Waals surface area (Å²) in [4.78, 5) is 52.8. The van der Waals surface area contributed by atoms with Gasteiger partial charge in [-0.15, -0.1) is 11.8 Å². The highest BCUT2D eigenvalue weighted by Gasteiger charge is 2.38. The fourth-order valence-electron chi connectivity index (χ4n) is 6.38. The Balaban J connectivity index is 1.33. The second-order valence-electron chi connectivity index (χ2n) is 14.7. The van der Waals surface area contributed by atoms with Gasteiger partial charge in [0.2, 0.25) is 11.8 Å². The zero-order valence-corrected chi connectivity index (χ0v) is 30.9. The molecule has 5 rings (SSSR count). The van der Waals surface area contributed by atoms with Gasteiger partial charge in [0.25, 0.3) is 5.91 Å². The first-order valence-corrected chi connectivity index (χ1v) is 18.6. The Labute approximate surface area is 305 Å². The van der Waals surface area contributed by atoms with Crippen molar-refractivity contribution in [1.82, 2.24) is 30.8 Å². The summed E-state index contributed by atoms with van der Waals surface area (Å²) in [5.74, 6) is -1.17. The van der Waals surface area contributed by atoms with Gasteiger partial charge in [0, 0.05) is 46.6 Å². The number of fused-ring (bicyclic) bond motifs is 1. The first-order valence-electron chi connectivity index (χ1n) is 17.7. The van der Waals surface area contributed by atoms with E-state index in [4.69, 9.17) is 0 Å². The number of rotatable bonds is 13. The molecule has 3 amide bonds. The van der Waals surface area contributed by atoms with Crippen LogP contribution in [0, 0.1) is 5.92 Å². The van der Waals surface area contributed by atoms with Crippen molar-refractivity contribution in [3.8, 4) is 0 Å². The molecule has 0 radical (unpaired) electrons. The lowest BCUT2D eigenvalue weighted by Crippen LogP contribution is -2.60. The summed E-state index contributed by atoms with van der Waals surface area (Å²) in [5.41, 5.74) is 1.44. The van der Waals surface area contributed by atoms with Crippen molar-refractivity contribution in [1.29, 1.82) is 0 Å². The highest BCUT2D eigenvalue weighted by Crippen LogP contribution is 2.33. The van der Waals surface area contributed by atoms with Crippen LogP contribution in [0.5, 0.6) is 0 Å². The summed E-state index contributed by atoms with van der Waals surface area (Å²) in [6.45, 7) is 10.4. The molecule has 270 valence electrons. The van der Waals surface area contributed by atoms with Crippen LogP contribution in [0.4, 0.5) is 0 Å². The van der Waals surface area contributed by atoms with Gasteiger partial charge in [0.1, 0.15) is 11.7 Å². The molecule has 0 bridgehead atoms. The monoisotopic (exact) mass is 710 g/mol. The lowest BCUT2D eigenvalue weighted by molar-refractivity contribution is -0.130. The molecule has 5 atom stereocenters. The minimum atomic E-state index is -1.01. The second-order valence-corrected chi connectivity index (χ2v) is 16.0. The van der Waals surface area contributed by atoms with E-state index < -0.39 is 41.6 Å². The lowest BCUT2D eigenvalue weighted by Gasteiger charge is -2.41. The van der Waals surface area contributed by atoms with E-state index in [1.54, 1.807) is 30.2 Å². The van der Waals surface area contributed by atoms with E-state index in [1.807, 2.05) is 112 Å². The van der Waals surface area contributed by atoms with Crippen LogP contribution < -0.4 is 16.0 Å². The number of nitrogens with zero attached hydrogens (tertiary/aromatic N) is 3. The van der Waals surface area contributed by atoms with Gasteiger partial charge in [-0.2, -0.15) is 0 Å². The molecule has 3 heterocycles. The highest BCUT2D eigenvalue weighted by atomic mass is 32.2. The Hall–Kier alpha value is -4.32. The molecule has 11 heteroatoms. The number of hydrogen-bond acceptors (Lipinski definition) is 8. The predicted octanol–water partition coefficient (Wildman–Crippen LogP) is 5.01. The maximum Gasteiger partial charge on any atom is 0.270 e. The average molecular weight is 711 g/mol. The molecule has 0 aliphatic carbocycles. The molecule has 4 aromatic rings. The molecule has 1 aliphatic rings. The second kappa shape index (κ2) is 17.3. The van der Waals surface area contributed by atoms with E-state index in [-0.39, 0.29) is 29.3 Å². The number of aliphatic hydroxyl groups is 1. The molecule has 4 N–H and O–H groups in total. The molecule has 1 saturated heterocycles. The Morgan fingerprint density at radius 3 is 2.35 bits per heavy atom. The Bertz CT molecular complexity index is 1770. The van der Waals surface area contributed by atoms with Crippen LogP contribution in [-0.4, -0.2) is 85.8 Å². The number of para-hydroxylation sites is 1. The van der Waals surface area contributed by atoms with Crippen molar-refractivity contribution < 1.29 is 19.5 Å². The topological polar surface area (TPSA) is 137 Å². The third-order valence-corrected chi connectivity index (χ3v) is 10.3. The Morgan fingerprint density at radius 1 is 0.941 bits per heavy atom. The van der Waals surface area contributed by atoms with E-state index in [1.165, 1.54) is 0 Å². The Morgan fingerprint density at radius 2 is 1.65 bits per heavy atom. The number of β-amino-alcohol motifs (C(OH)–C–C–N with tert-alkyl or cyclic N) is 1. The zero-order valence-electron chi connectivity index (χ0n) is 30.1. The quantitative estimate of drug-likeness (QED) is 0.152. The molecule has 0 spiro atoms. The van der Waals surface area contributed by atoms with Crippen LogP contribution >= 0.6 is 11.8 Å². The minimum absolute atomic E-state index is 0.0803. The zero-order chi connectivity index (χ0) is 36.5. The predicted molar refractivity (Wildman–Crippen MR) is 202 cm³/mol. The molecule has 4 unspecified atom stereocenters. The number of thioether (sulfide) groups is 1. The maximum absolute atomic E-state index is 14.0. The van der Waals surface area contributed by atoms with Crippen LogP contribution in [0.2, 0.25) is 0 Å². The SMILES string of the molecule is CC(C)[C@H](NC(=O)c1ccc2ccccc2n1)C(=O)NC(Cc1ccccc1)C(O)CN1CCC(Sc2ccncc2)CC1C(=O)NC(C)(C)C. The third kappa shape index (κ3) is 10.8. The van der Waals surface area contributed by atoms with E-state index in [0.717, 1.165) is 22.3 Å². The van der Waals surface area contributed by atoms with Gasteiger partial charge in [-0.05, 0) is 75.8 Å². The fourth-order valence-corrected chi connectivity index (χ4v) is 7.54. The van der Waals surface area contributed by atoms with Gasteiger partial charge < -0.3 is 21.1 Å². The smallest absolute Gasteiger partial charge is 0.270 e. The van der Waals surface area contributed by atoms with Crippen molar-refractivity contribution in [3.63, 3.8) is 0 Å². The van der Waals surface area contributed by atoms with Crippen molar-refractivity contribution in [2.45, 2.75) is 93.8 Å². The summed E-state index contributed by atoms with van der Waals surface area (Å²) in [5, 5.41) is 22.1. The standard InChI is InChI=1S/C40H50N6O4S/c1-26(2)36(44-37(48)32-16-15-28-13-9-10-14-31(28)42-32)39(50)43-33(23-27-11-7-6-8-12-27)35(47)25-46-22-19-30(51-29-17-20-41-21-18-29)24-34(46)38(49)45-40(3,4)5/h6-18,20-21,26,30,33-36,47H,19,22-25H2,1-5H3,(H,43,50)(H,44,48)(H,45,49)/t30?,33?,34?,35?,36-/m0/s1. The summed E-state index contributed by atoms with van der Waals surface area (Å²) in [7, 11) is 0. The highest BCUT2D eigenvalue weighted by molar-refractivity contribution is 8.00. The maximum atomic E-state index is 14.0. The van der Waals surface area contributed by atoms with Gasteiger partial charge in [0.05, 0.1) is 23.7 Å². The largest absolute Gasteiger partial charge is 0.390 e. The fraction of sp³-hybridized carbons (Fsp3) is 0.425. The van der Waals surface area contributed by atoms with Gasteiger partial charge >= 0.3 is 0 Å². The van der Waals surface area contributed by atoms with Crippen LogP contribution in [0.25, 0.3) is 10.9 Å². The average Bonchev–Trinajstić information content (AvgIpc) is 3.10. The van der Waals surface area contributed by atoms with Crippen molar-refractivity contribution in [2.24, 2.45) is 5.92 Å². The summed E-state index contributed by atoms with van der Waals surface area (Å²) in [6.07, 6.45) is 4.35. The number of aromatic nitrogens is 2. The molecule has 1 fully saturated rings. The molecule has 2 aromatic carbocycles. The molecule has 51 heavy (non-hydrogen) atoms. The van der Waals surface area contributed by atoms with Crippen molar-refractivity contribution >= 4 is 40.4 Å². The molecule has 2 aromatic heterocycles. The first kappa shape index (κ1) is 37.9. The summed E-state index contributed by atoms with van der Waals surface area (Å²) in [6, 6.07) is 22.7. The Kier molecular flexibility index (Phi) is 12.8. The molecular weight excluding hydrogens is 661 g/mol. The van der Waals surface area contributed by atoms with Crippen LogP contribution in [-0.2, 0) is 16.0 Å². The van der Waals surface area contributed by atoms with Crippen LogP contribution in [0.1, 0.15) is 63.5 Å². The van der Waals surface area contributed by atoms with Gasteiger partial charge in [-0.25, -0.2) is 4.98 Å². The van der Waals surface area contributed by atoms with Crippen LogP contribution in [0.15, 0.2) is 96.2 Å². The summed E-state index contributed by atoms with van der Waals surface area (Å²) >= 11 is 1.75. The minimum Gasteiger partial charge on any atom is -0.390 e. The number of likely N-dealkylation sites (tertiary alicyclic amines) is 1. The number of piperidine rings is 1. The summed E-state index contributed by atoms with van der Waals surface area (Å²) < 4.78 is 0. The van der Waals surface area contributed by atoms with Crippen molar-refractivity contribution in [2.75, 3.05) is 13.1 Å². The van der Waals surface area contributed by atoms with E-state index in [0.29, 0.717) is 24.9 Å². The molecule has 1 aliphatic heterocycles. The number of hydrogen-bond donors (Lipinski definition) is 4. The van der Waals surface area contributed by atoms with E-state index in [2.05, 4.69) is 25.9 Å². The first-order chi connectivity index (χ1) is 24.4. The van der Waals surface area contributed by atoms with Crippen LogP contribution in [0.3, 0.4) is 0 Å². The third-order valence-electron chi connectivity index (χ3n) is 9.00.